The second-order valence-corrected chi connectivity index (χ2v) is 15.7. The normalized spacial score (nSPS) is 14.4. The monoisotopic (exact) mass is 343 g/mol. The third kappa shape index (κ3) is 6.27. The third-order valence-electron chi connectivity index (χ3n) is 4.44. The van der Waals surface area contributed by atoms with Crippen LogP contribution < -0.4 is 4.72 Å². The quantitative estimate of drug-likeness (QED) is 0.304. The van der Waals surface area contributed by atoms with Crippen molar-refractivity contribution >= 4 is 19.4 Å². The fraction of sp³-hybridized carbons (Fsp3) is 0.889. The van der Waals surface area contributed by atoms with Crippen LogP contribution in [0.15, 0.2) is 0 Å². The van der Waals surface area contributed by atoms with Crippen molar-refractivity contribution in [3.8, 4) is 11.5 Å². The molecule has 0 aliphatic carbocycles. The molecule has 0 spiro atoms. The van der Waals surface area contributed by atoms with Crippen LogP contribution >= 0.6 is 0 Å². The summed E-state index contributed by atoms with van der Waals surface area (Å²) in [5.41, 5.74) is 5.79. The van der Waals surface area contributed by atoms with E-state index < -0.39 is 19.4 Å². The van der Waals surface area contributed by atoms with Crippen LogP contribution in [-0.2, 0) is 11.4 Å². The van der Waals surface area contributed by atoms with E-state index in [1.807, 2.05) is 20.8 Å². The highest BCUT2D eigenvalue weighted by Crippen LogP contribution is 2.40. The van der Waals surface area contributed by atoms with Gasteiger partial charge in [-0.15, -0.1) is 16.2 Å². The van der Waals surface area contributed by atoms with Crippen LogP contribution in [0.2, 0.25) is 16.6 Å². The maximum Gasteiger partial charge on any atom is 0.145 e. The fourth-order valence-electron chi connectivity index (χ4n) is 3.21. The molecule has 130 valence electrons. The Kier molecular flexibility index (Phi) is 9.39. The highest BCUT2D eigenvalue weighted by molar-refractivity contribution is 7.90. The molecule has 0 aromatic heterocycles. The van der Waals surface area contributed by atoms with Gasteiger partial charge in [0.25, 0.3) is 0 Å². The van der Waals surface area contributed by atoms with E-state index in [-0.39, 0.29) is 4.75 Å². The lowest BCUT2D eigenvalue weighted by molar-refractivity contribution is 0.543. The Morgan fingerprint density at radius 3 is 1.82 bits per heavy atom. The van der Waals surface area contributed by atoms with Crippen LogP contribution in [0.25, 0.3) is 0 Å². The molecule has 0 radical (unpaired) electrons. The van der Waals surface area contributed by atoms with E-state index in [4.69, 9.17) is 0 Å². The molecule has 0 bridgehead atoms. The van der Waals surface area contributed by atoms with Crippen molar-refractivity contribution < 1.29 is 4.55 Å². The Balaban J connectivity index is 4.54. The molecule has 1 atom stereocenters. The van der Waals surface area contributed by atoms with E-state index in [9.17, 15) is 4.55 Å². The first-order valence-electron chi connectivity index (χ1n) is 8.61. The first kappa shape index (κ1) is 22.0. The number of unbranched alkanes of at least 4 members (excludes halogenated alkanes) is 1. The molecular weight excluding hydrogens is 306 g/mol. The molecular formula is C18H37NOSSi. The van der Waals surface area contributed by atoms with Gasteiger partial charge in [-0.3, -0.25) is 0 Å². The molecule has 4 heteroatoms. The summed E-state index contributed by atoms with van der Waals surface area (Å²) >= 11 is -0.971. The summed E-state index contributed by atoms with van der Waals surface area (Å²) in [7, 11) is -1.58. The number of hydrogen-bond donors (Lipinski definition) is 1. The molecule has 1 N–H and O–H groups in total. The largest absolute Gasteiger partial charge is 0.598 e. The summed E-state index contributed by atoms with van der Waals surface area (Å²) in [5, 5.41) is 0. The van der Waals surface area contributed by atoms with Gasteiger partial charge in [0.1, 0.15) is 12.8 Å². The van der Waals surface area contributed by atoms with Gasteiger partial charge in [-0.2, -0.15) is 0 Å². The van der Waals surface area contributed by atoms with Crippen molar-refractivity contribution in [2.24, 2.45) is 0 Å². The van der Waals surface area contributed by atoms with Crippen molar-refractivity contribution in [2.75, 3.05) is 6.54 Å². The van der Waals surface area contributed by atoms with E-state index in [0.29, 0.717) is 16.6 Å². The molecule has 0 saturated heterocycles. The number of rotatable bonds is 7. The predicted molar refractivity (Wildman–Crippen MR) is 104 cm³/mol. The molecule has 2 nitrogen and oxygen atoms in total. The zero-order valence-electron chi connectivity index (χ0n) is 16.2. The maximum atomic E-state index is 11.9. The van der Waals surface area contributed by atoms with E-state index in [2.05, 4.69) is 57.7 Å². The van der Waals surface area contributed by atoms with E-state index in [1.165, 1.54) is 0 Å². The summed E-state index contributed by atoms with van der Waals surface area (Å²) in [5.74, 6) is 3.46. The van der Waals surface area contributed by atoms with Gasteiger partial charge in [0.15, 0.2) is 0 Å². The van der Waals surface area contributed by atoms with Crippen LogP contribution in [0.1, 0.15) is 75.2 Å². The van der Waals surface area contributed by atoms with Gasteiger partial charge in [0.2, 0.25) is 0 Å². The molecule has 1 unspecified atom stereocenters. The summed E-state index contributed by atoms with van der Waals surface area (Å²) in [6.07, 6.45) is 1.86. The van der Waals surface area contributed by atoms with Gasteiger partial charge in [-0.25, -0.2) is 0 Å². The Labute approximate surface area is 143 Å². The fourth-order valence-corrected chi connectivity index (χ4v) is 9.27. The van der Waals surface area contributed by atoms with E-state index in [1.54, 1.807) is 0 Å². The lowest BCUT2D eigenvalue weighted by atomic mass is 10.3. The van der Waals surface area contributed by atoms with E-state index in [0.717, 1.165) is 19.4 Å². The predicted octanol–water partition coefficient (Wildman–Crippen LogP) is 5.04. The number of nitrogens with one attached hydrogen (secondary N) is 1. The van der Waals surface area contributed by atoms with Gasteiger partial charge in [0.05, 0.1) is 0 Å². The minimum Gasteiger partial charge on any atom is -0.598 e. The second kappa shape index (κ2) is 9.37. The first-order valence-corrected chi connectivity index (χ1v) is 12.0. The maximum absolute atomic E-state index is 11.9. The van der Waals surface area contributed by atoms with Crippen LogP contribution in [0.3, 0.4) is 0 Å². The Hall–Kier alpha value is 0.0469. The standard InChI is InChI=1S/C18H37NOSSi/c1-15(2)22(16(3)4,17(5)6)14-12-10-11-13-19-21(20)18(7,8)9/h15-17,19H,10-11,13H2,1-9H3. The minimum atomic E-state index is -1.58. The van der Waals surface area contributed by atoms with Crippen molar-refractivity contribution in [3.05, 3.63) is 0 Å². The molecule has 0 aromatic rings. The molecule has 0 rings (SSSR count). The average molecular weight is 344 g/mol. The highest BCUT2D eigenvalue weighted by atomic mass is 32.2. The Morgan fingerprint density at radius 2 is 1.45 bits per heavy atom. The van der Waals surface area contributed by atoms with Crippen LogP contribution in [0.5, 0.6) is 0 Å². The Morgan fingerprint density at radius 1 is 1.00 bits per heavy atom. The molecule has 0 fully saturated rings. The number of hydrogen-bond acceptors (Lipinski definition) is 2. The van der Waals surface area contributed by atoms with Crippen molar-refractivity contribution in [3.63, 3.8) is 0 Å². The van der Waals surface area contributed by atoms with Gasteiger partial charge in [-0.1, -0.05) is 41.5 Å². The van der Waals surface area contributed by atoms with Crippen molar-refractivity contribution in [1.29, 1.82) is 0 Å². The van der Waals surface area contributed by atoms with Gasteiger partial charge in [-0.05, 0) is 43.8 Å². The topological polar surface area (TPSA) is 35.1 Å². The first-order chi connectivity index (χ1) is 9.96. The van der Waals surface area contributed by atoms with E-state index >= 15 is 0 Å². The average Bonchev–Trinajstić information content (AvgIpc) is 2.34. The SMILES string of the molecule is CC(C)[Si](C#CCCCN[S+]([O-])C(C)(C)C)(C(C)C)C(C)C. The summed E-state index contributed by atoms with van der Waals surface area (Å²) in [4.78, 5) is 0. The second-order valence-electron chi connectivity index (χ2n) is 8.08. The molecule has 0 amide bonds. The van der Waals surface area contributed by atoms with Gasteiger partial charge in [0, 0.05) is 24.3 Å². The molecule has 22 heavy (non-hydrogen) atoms. The molecule has 0 aromatic carbocycles. The molecule has 0 heterocycles. The zero-order chi connectivity index (χ0) is 17.6. The van der Waals surface area contributed by atoms with Crippen LogP contribution in [-0.4, -0.2) is 23.9 Å². The van der Waals surface area contributed by atoms with Crippen molar-refractivity contribution in [2.45, 2.75) is 96.5 Å². The highest BCUT2D eigenvalue weighted by Gasteiger charge is 2.41. The molecule has 0 aliphatic heterocycles. The lowest BCUT2D eigenvalue weighted by Crippen LogP contribution is -2.43. The summed E-state index contributed by atoms with van der Waals surface area (Å²) in [6.45, 7) is 20.8. The van der Waals surface area contributed by atoms with Crippen LogP contribution in [0, 0.1) is 11.5 Å². The summed E-state index contributed by atoms with van der Waals surface area (Å²) < 4.78 is 14.8. The summed E-state index contributed by atoms with van der Waals surface area (Å²) in [6, 6.07) is 0. The van der Waals surface area contributed by atoms with Gasteiger partial charge < -0.3 is 4.55 Å². The Bertz CT molecular complexity index is 355. The zero-order valence-corrected chi connectivity index (χ0v) is 18.0. The molecule has 0 saturated carbocycles. The smallest absolute Gasteiger partial charge is 0.145 e. The minimum absolute atomic E-state index is 0.194. The lowest BCUT2D eigenvalue weighted by Gasteiger charge is -2.38. The molecule has 0 aliphatic rings. The van der Waals surface area contributed by atoms with Crippen LogP contribution in [0.4, 0.5) is 0 Å². The van der Waals surface area contributed by atoms with Gasteiger partial charge >= 0.3 is 0 Å². The van der Waals surface area contributed by atoms with Crippen molar-refractivity contribution in [1.82, 2.24) is 4.72 Å². The third-order valence-corrected chi connectivity index (χ3v) is 12.4.